The number of aryl methyl sites for hydroxylation is 2. The van der Waals surface area contributed by atoms with Crippen LogP contribution in [0.4, 0.5) is 5.69 Å². The van der Waals surface area contributed by atoms with Gasteiger partial charge in [0.1, 0.15) is 0 Å². The molecule has 2 aromatic rings. The molecule has 5 N–H and O–H groups in total. The second kappa shape index (κ2) is 6.93. The summed E-state index contributed by atoms with van der Waals surface area (Å²) >= 11 is 5.95. The molecule has 1 unspecified atom stereocenters. The van der Waals surface area contributed by atoms with E-state index in [1.807, 2.05) is 16.8 Å². The van der Waals surface area contributed by atoms with Crippen molar-refractivity contribution in [3.05, 3.63) is 46.2 Å². The zero-order chi connectivity index (χ0) is 15.4. The minimum atomic E-state index is -0.0750. The van der Waals surface area contributed by atoms with Crippen LogP contribution in [0.25, 0.3) is 0 Å². The van der Waals surface area contributed by atoms with Gasteiger partial charge in [-0.05, 0) is 37.1 Å². The van der Waals surface area contributed by atoms with E-state index in [-0.39, 0.29) is 6.04 Å². The summed E-state index contributed by atoms with van der Waals surface area (Å²) in [5, 5.41) is 5.18. The SMILES string of the molecule is CCc1cc(CC(NN)c2ccc(Cl)cc2N)n(CC)n1. The molecule has 1 heterocycles. The molecule has 21 heavy (non-hydrogen) atoms. The fourth-order valence-corrected chi connectivity index (χ4v) is 2.64. The first-order valence-electron chi connectivity index (χ1n) is 7.15. The molecule has 1 aromatic heterocycles. The predicted octanol–water partition coefficient (Wildman–Crippen LogP) is 2.45. The first-order valence-corrected chi connectivity index (χ1v) is 7.53. The van der Waals surface area contributed by atoms with Gasteiger partial charge in [-0.2, -0.15) is 5.10 Å². The number of nitrogens with one attached hydrogen (secondary N) is 1. The number of nitrogens with zero attached hydrogens (tertiary/aromatic N) is 2. The molecule has 0 saturated carbocycles. The highest BCUT2D eigenvalue weighted by Gasteiger charge is 2.17. The maximum absolute atomic E-state index is 6.05. The van der Waals surface area contributed by atoms with Gasteiger partial charge in [-0.1, -0.05) is 24.6 Å². The number of hydrogen-bond acceptors (Lipinski definition) is 4. The number of anilines is 1. The van der Waals surface area contributed by atoms with Crippen molar-refractivity contribution in [3.8, 4) is 0 Å². The van der Waals surface area contributed by atoms with Crippen molar-refractivity contribution in [1.82, 2.24) is 15.2 Å². The number of nitrogen functional groups attached to an aromatic ring is 1. The lowest BCUT2D eigenvalue weighted by Crippen LogP contribution is -2.30. The minimum Gasteiger partial charge on any atom is -0.398 e. The number of aromatic nitrogens is 2. The molecular weight excluding hydrogens is 286 g/mol. The number of halogens is 1. The van der Waals surface area contributed by atoms with Gasteiger partial charge >= 0.3 is 0 Å². The van der Waals surface area contributed by atoms with Gasteiger partial charge in [0.2, 0.25) is 0 Å². The summed E-state index contributed by atoms with van der Waals surface area (Å²) in [5.41, 5.74) is 12.7. The fourth-order valence-electron chi connectivity index (χ4n) is 2.46. The van der Waals surface area contributed by atoms with E-state index in [1.165, 1.54) is 0 Å². The van der Waals surface area contributed by atoms with Crippen molar-refractivity contribution < 1.29 is 0 Å². The largest absolute Gasteiger partial charge is 0.398 e. The van der Waals surface area contributed by atoms with E-state index in [4.69, 9.17) is 23.2 Å². The van der Waals surface area contributed by atoms with E-state index in [0.717, 1.165) is 36.3 Å². The lowest BCUT2D eigenvalue weighted by atomic mass is 10.0. The van der Waals surface area contributed by atoms with Crippen LogP contribution in [0, 0.1) is 0 Å². The molecule has 114 valence electrons. The monoisotopic (exact) mass is 307 g/mol. The zero-order valence-corrected chi connectivity index (χ0v) is 13.2. The average molecular weight is 308 g/mol. The molecule has 0 saturated heterocycles. The van der Waals surface area contributed by atoms with Crippen LogP contribution >= 0.6 is 11.6 Å². The molecule has 5 nitrogen and oxygen atoms in total. The third kappa shape index (κ3) is 3.56. The lowest BCUT2D eigenvalue weighted by molar-refractivity contribution is 0.517. The van der Waals surface area contributed by atoms with Crippen LogP contribution in [-0.4, -0.2) is 9.78 Å². The summed E-state index contributed by atoms with van der Waals surface area (Å²) in [6, 6.07) is 7.53. The molecule has 6 heteroatoms. The standard InChI is InChI=1S/C15H22ClN5/c1-3-11-8-12(21(4-2)20-11)9-15(19-18)13-6-5-10(16)7-14(13)17/h5-8,15,19H,3-4,9,17-18H2,1-2H3. The first kappa shape index (κ1) is 15.8. The molecule has 2 rings (SSSR count). The summed E-state index contributed by atoms with van der Waals surface area (Å²) in [4.78, 5) is 0. The Labute approximate surface area is 130 Å². The summed E-state index contributed by atoms with van der Waals surface area (Å²) in [6.07, 6.45) is 1.65. The number of benzene rings is 1. The van der Waals surface area contributed by atoms with Gasteiger partial charge in [0, 0.05) is 29.4 Å². The molecule has 0 bridgehead atoms. The Morgan fingerprint density at radius 1 is 1.33 bits per heavy atom. The molecule has 0 radical (unpaired) electrons. The van der Waals surface area contributed by atoms with Gasteiger partial charge in [-0.15, -0.1) is 0 Å². The Morgan fingerprint density at radius 2 is 2.10 bits per heavy atom. The van der Waals surface area contributed by atoms with E-state index >= 15 is 0 Å². The third-order valence-electron chi connectivity index (χ3n) is 3.61. The van der Waals surface area contributed by atoms with E-state index in [9.17, 15) is 0 Å². The molecule has 0 fully saturated rings. The van der Waals surface area contributed by atoms with E-state index in [0.29, 0.717) is 10.7 Å². The Morgan fingerprint density at radius 3 is 2.67 bits per heavy atom. The smallest absolute Gasteiger partial charge is 0.0624 e. The Balaban J connectivity index is 2.28. The van der Waals surface area contributed by atoms with Crippen molar-refractivity contribution in [2.24, 2.45) is 5.84 Å². The van der Waals surface area contributed by atoms with Crippen molar-refractivity contribution in [3.63, 3.8) is 0 Å². The normalized spacial score (nSPS) is 12.6. The Hall–Kier alpha value is -1.56. The molecule has 0 spiro atoms. The van der Waals surface area contributed by atoms with Gasteiger partial charge < -0.3 is 5.73 Å². The van der Waals surface area contributed by atoms with Crippen LogP contribution in [0.5, 0.6) is 0 Å². The lowest BCUT2D eigenvalue weighted by Gasteiger charge is -2.19. The minimum absolute atomic E-state index is 0.0750. The van der Waals surface area contributed by atoms with E-state index < -0.39 is 0 Å². The van der Waals surface area contributed by atoms with Crippen LogP contribution in [0.15, 0.2) is 24.3 Å². The number of hydrogen-bond donors (Lipinski definition) is 3. The van der Waals surface area contributed by atoms with Gasteiger partial charge in [0.25, 0.3) is 0 Å². The fraction of sp³-hybridized carbons (Fsp3) is 0.400. The molecule has 0 amide bonds. The van der Waals surface area contributed by atoms with Crippen LogP contribution in [0.1, 0.15) is 36.8 Å². The van der Waals surface area contributed by atoms with Gasteiger partial charge in [-0.25, -0.2) is 0 Å². The van der Waals surface area contributed by atoms with Gasteiger partial charge in [-0.3, -0.25) is 16.0 Å². The molecule has 0 aliphatic rings. The maximum Gasteiger partial charge on any atom is 0.0624 e. The molecule has 1 atom stereocenters. The topological polar surface area (TPSA) is 81.9 Å². The molecule has 1 aromatic carbocycles. The summed E-state index contributed by atoms with van der Waals surface area (Å²) < 4.78 is 2.01. The third-order valence-corrected chi connectivity index (χ3v) is 3.85. The summed E-state index contributed by atoms with van der Waals surface area (Å²) in [6.45, 7) is 5.02. The number of hydrazine groups is 1. The van der Waals surface area contributed by atoms with Crippen molar-refractivity contribution in [1.29, 1.82) is 0 Å². The van der Waals surface area contributed by atoms with Crippen molar-refractivity contribution >= 4 is 17.3 Å². The zero-order valence-electron chi connectivity index (χ0n) is 12.4. The maximum atomic E-state index is 6.05. The molecule has 0 aliphatic heterocycles. The Kier molecular flexibility index (Phi) is 5.22. The predicted molar refractivity (Wildman–Crippen MR) is 86.9 cm³/mol. The quantitative estimate of drug-likeness (QED) is 0.435. The van der Waals surface area contributed by atoms with Crippen LogP contribution < -0.4 is 17.0 Å². The Bertz CT molecular complexity index is 608. The summed E-state index contributed by atoms with van der Waals surface area (Å²) in [5.74, 6) is 5.72. The van der Waals surface area contributed by atoms with Crippen molar-refractivity contribution in [2.45, 2.75) is 39.3 Å². The van der Waals surface area contributed by atoms with E-state index in [2.05, 4.69) is 30.4 Å². The van der Waals surface area contributed by atoms with Crippen LogP contribution in [0.3, 0.4) is 0 Å². The van der Waals surface area contributed by atoms with E-state index in [1.54, 1.807) is 6.07 Å². The van der Waals surface area contributed by atoms with Crippen molar-refractivity contribution in [2.75, 3.05) is 5.73 Å². The second-order valence-electron chi connectivity index (χ2n) is 4.99. The van der Waals surface area contributed by atoms with Crippen LogP contribution in [0.2, 0.25) is 5.02 Å². The summed E-state index contributed by atoms with van der Waals surface area (Å²) in [7, 11) is 0. The average Bonchev–Trinajstić information content (AvgIpc) is 2.87. The second-order valence-corrected chi connectivity index (χ2v) is 5.43. The highest BCUT2D eigenvalue weighted by atomic mass is 35.5. The number of rotatable bonds is 6. The first-order chi connectivity index (χ1) is 10.1. The molecular formula is C15H22ClN5. The highest BCUT2D eigenvalue weighted by Crippen LogP contribution is 2.26. The van der Waals surface area contributed by atoms with Gasteiger partial charge in [0.15, 0.2) is 0 Å². The molecule has 0 aliphatic carbocycles. The van der Waals surface area contributed by atoms with Gasteiger partial charge in [0.05, 0.1) is 11.7 Å². The highest BCUT2D eigenvalue weighted by molar-refractivity contribution is 6.30. The number of nitrogens with two attached hydrogens (primary N) is 2. The van der Waals surface area contributed by atoms with Crippen LogP contribution in [-0.2, 0) is 19.4 Å².